The van der Waals surface area contributed by atoms with Crippen molar-refractivity contribution in [1.29, 1.82) is 0 Å². The monoisotopic (exact) mass is 400 g/mol. The lowest BCUT2D eigenvalue weighted by Crippen LogP contribution is -2.40. The molecule has 1 heterocycles. The molecule has 1 aromatic rings. The number of amides is 1. The van der Waals surface area contributed by atoms with E-state index in [-0.39, 0.29) is 33.7 Å². The van der Waals surface area contributed by atoms with E-state index in [4.69, 9.17) is 9.47 Å². The van der Waals surface area contributed by atoms with Gasteiger partial charge in [-0.25, -0.2) is 9.78 Å². The quantitative estimate of drug-likeness (QED) is 0.299. The molecule has 1 aromatic heterocycles. The minimum atomic E-state index is -0.668. The number of nitro groups is 1. The number of rotatable bonds is 7. The van der Waals surface area contributed by atoms with Gasteiger partial charge >= 0.3 is 6.09 Å². The largest absolute Gasteiger partial charge is 0.443 e. The van der Waals surface area contributed by atoms with Crippen molar-refractivity contribution in [3.63, 3.8) is 0 Å². The van der Waals surface area contributed by atoms with E-state index in [0.29, 0.717) is 12.5 Å². The summed E-state index contributed by atoms with van der Waals surface area (Å²) >= 11 is 0. The number of pyridine rings is 1. The Morgan fingerprint density at radius 1 is 1.26 bits per heavy atom. The van der Waals surface area contributed by atoms with Crippen LogP contribution in [0.2, 0.25) is 0 Å². The minimum Gasteiger partial charge on any atom is -0.443 e. The normalized spacial score (nSPS) is 13.1. The van der Waals surface area contributed by atoms with Crippen molar-refractivity contribution in [2.45, 2.75) is 51.9 Å². The van der Waals surface area contributed by atoms with Gasteiger partial charge in [-0.15, -0.1) is 0 Å². The van der Waals surface area contributed by atoms with Gasteiger partial charge in [-0.05, 0) is 47.6 Å². The van der Waals surface area contributed by atoms with Gasteiger partial charge in [0, 0.05) is 17.0 Å². The van der Waals surface area contributed by atoms with Crippen molar-refractivity contribution in [3.8, 4) is 0 Å². The fourth-order valence-corrected chi connectivity index (χ4v) is 2.50. The molecular weight excluding hydrogens is 370 g/mol. The second kappa shape index (κ2) is 9.36. The average molecular weight is 401 g/mol. The number of ether oxygens (including phenoxy) is 2. The number of hydrogen-bond acceptors (Lipinski definition) is 6. The van der Waals surface area contributed by atoms with Crippen molar-refractivity contribution in [2.75, 3.05) is 30.2 Å². The minimum absolute atomic E-state index is 0.0710. The van der Waals surface area contributed by atoms with Crippen molar-refractivity contribution in [1.82, 2.24) is 4.98 Å². The Morgan fingerprint density at radius 2 is 1.89 bits per heavy atom. The third-order valence-corrected chi connectivity index (χ3v) is 6.21. The third kappa shape index (κ3) is 8.13. The van der Waals surface area contributed by atoms with Crippen LogP contribution in [0.5, 0.6) is 0 Å². The van der Waals surface area contributed by atoms with E-state index in [9.17, 15) is 14.9 Å². The Balaban J connectivity index is 2.82. The molecule has 0 saturated heterocycles. The summed E-state index contributed by atoms with van der Waals surface area (Å²) in [6, 6.07) is 2.74. The fourth-order valence-electron chi connectivity index (χ4n) is 1.78. The molecule has 0 radical (unpaired) electrons. The van der Waals surface area contributed by atoms with Crippen LogP contribution in [0.15, 0.2) is 18.3 Å². The Morgan fingerprint density at radius 3 is 2.33 bits per heavy atom. The van der Waals surface area contributed by atoms with Crippen LogP contribution in [-0.4, -0.2) is 51.7 Å². The standard InChI is InChI=1S/C18H30N3O5S/c1-17(2,3)26-16(22)20(10-11-25-13-27(7)18(4,5)6)15-9-8-14(12-19-15)21(23)24/h8-9,12H,10-11,13H2,1-7H3/q+1. The van der Waals surface area contributed by atoms with Gasteiger partial charge in [-0.3, -0.25) is 15.0 Å². The van der Waals surface area contributed by atoms with E-state index in [1.54, 1.807) is 20.8 Å². The molecule has 9 heteroatoms. The molecule has 1 unspecified atom stereocenters. The molecule has 0 fully saturated rings. The molecule has 8 nitrogen and oxygen atoms in total. The summed E-state index contributed by atoms with van der Waals surface area (Å²) in [7, 11) is 0.0710. The van der Waals surface area contributed by atoms with Gasteiger partial charge in [-0.2, -0.15) is 0 Å². The highest BCUT2D eigenvalue weighted by Crippen LogP contribution is 2.20. The maximum absolute atomic E-state index is 12.5. The molecule has 0 saturated carbocycles. The predicted molar refractivity (Wildman–Crippen MR) is 108 cm³/mol. The van der Waals surface area contributed by atoms with Crippen molar-refractivity contribution >= 4 is 28.5 Å². The molecule has 0 aromatic carbocycles. The molecule has 1 atom stereocenters. The fraction of sp³-hybridized carbons (Fsp3) is 0.667. The van der Waals surface area contributed by atoms with E-state index in [2.05, 4.69) is 32.0 Å². The van der Waals surface area contributed by atoms with Crippen LogP contribution >= 0.6 is 0 Å². The highest BCUT2D eigenvalue weighted by Gasteiger charge is 2.30. The Labute approximate surface area is 163 Å². The maximum Gasteiger partial charge on any atom is 0.416 e. The van der Waals surface area contributed by atoms with E-state index in [0.717, 1.165) is 6.20 Å². The second-order valence-electron chi connectivity index (χ2n) is 8.04. The first-order valence-corrected chi connectivity index (χ1v) is 10.4. The van der Waals surface area contributed by atoms with Crippen LogP contribution in [0.1, 0.15) is 41.5 Å². The summed E-state index contributed by atoms with van der Waals surface area (Å²) < 4.78 is 11.3. The molecule has 0 N–H and O–H groups in total. The van der Waals surface area contributed by atoms with Gasteiger partial charge in [0.05, 0.1) is 18.1 Å². The number of nitrogens with zero attached hydrogens (tertiary/aromatic N) is 3. The second-order valence-corrected chi connectivity index (χ2v) is 10.8. The summed E-state index contributed by atoms with van der Waals surface area (Å²) in [4.78, 5) is 28.2. The summed E-state index contributed by atoms with van der Waals surface area (Å²) in [6.07, 6.45) is 2.69. The van der Waals surface area contributed by atoms with Crippen molar-refractivity contribution in [2.24, 2.45) is 0 Å². The maximum atomic E-state index is 12.5. The number of anilines is 1. The molecule has 0 bridgehead atoms. The van der Waals surface area contributed by atoms with E-state index >= 15 is 0 Å². The zero-order chi connectivity index (χ0) is 20.8. The van der Waals surface area contributed by atoms with E-state index in [1.165, 1.54) is 17.0 Å². The van der Waals surface area contributed by atoms with Crippen molar-refractivity contribution < 1.29 is 19.2 Å². The molecule has 0 aliphatic rings. The lowest BCUT2D eigenvalue weighted by Gasteiger charge is -2.26. The third-order valence-electron chi connectivity index (χ3n) is 3.60. The molecule has 1 amide bonds. The Kier molecular flexibility index (Phi) is 8.04. The first-order valence-electron chi connectivity index (χ1n) is 8.62. The number of carbonyl (C=O) groups excluding carboxylic acids is 1. The highest BCUT2D eigenvalue weighted by atomic mass is 32.2. The van der Waals surface area contributed by atoms with Crippen molar-refractivity contribution in [3.05, 3.63) is 28.4 Å². The van der Waals surface area contributed by atoms with Gasteiger partial charge < -0.3 is 9.47 Å². The predicted octanol–water partition coefficient (Wildman–Crippen LogP) is 3.75. The summed E-state index contributed by atoms with van der Waals surface area (Å²) in [6.45, 7) is 12.3. The Bertz CT molecular complexity index is 638. The van der Waals surface area contributed by atoms with Crippen LogP contribution in [0.3, 0.4) is 0 Å². The molecule has 1 rings (SSSR count). The highest BCUT2D eigenvalue weighted by molar-refractivity contribution is 7.97. The molecular formula is C18H30N3O5S+. The first kappa shape index (κ1) is 23.2. The smallest absolute Gasteiger partial charge is 0.416 e. The Hall–Kier alpha value is -1.87. The molecule has 0 spiro atoms. The molecule has 0 aliphatic carbocycles. The number of aromatic nitrogens is 1. The molecule has 152 valence electrons. The van der Waals surface area contributed by atoms with Gasteiger partial charge in [0.2, 0.25) is 5.94 Å². The van der Waals surface area contributed by atoms with Crippen LogP contribution in [0, 0.1) is 10.1 Å². The van der Waals surface area contributed by atoms with E-state index < -0.39 is 16.6 Å². The van der Waals surface area contributed by atoms with Gasteiger partial charge in [0.1, 0.15) is 28.6 Å². The van der Waals surface area contributed by atoms with Gasteiger partial charge in [0.15, 0.2) is 0 Å². The van der Waals surface area contributed by atoms with Crippen LogP contribution < -0.4 is 4.90 Å². The topological polar surface area (TPSA) is 94.8 Å². The number of carbonyl (C=O) groups is 1. The zero-order valence-corrected chi connectivity index (χ0v) is 18.0. The van der Waals surface area contributed by atoms with Crippen LogP contribution in [0.4, 0.5) is 16.3 Å². The SMILES string of the molecule is C[S+](COCCN(C(=O)OC(C)(C)C)c1ccc([N+](=O)[O-])cn1)C(C)(C)C. The molecule has 0 aliphatic heterocycles. The summed E-state index contributed by atoms with van der Waals surface area (Å²) in [5.74, 6) is 0.879. The van der Waals surface area contributed by atoms with Gasteiger partial charge in [-0.1, -0.05) is 0 Å². The van der Waals surface area contributed by atoms with Crippen LogP contribution in [-0.2, 0) is 20.4 Å². The van der Waals surface area contributed by atoms with Crippen LogP contribution in [0.25, 0.3) is 0 Å². The molecule has 27 heavy (non-hydrogen) atoms. The zero-order valence-electron chi connectivity index (χ0n) is 17.1. The summed E-state index contributed by atoms with van der Waals surface area (Å²) in [5.41, 5.74) is -0.807. The summed E-state index contributed by atoms with van der Waals surface area (Å²) in [5, 5.41) is 10.8. The average Bonchev–Trinajstić information content (AvgIpc) is 2.52. The lowest BCUT2D eigenvalue weighted by atomic mass is 10.2. The lowest BCUT2D eigenvalue weighted by molar-refractivity contribution is -0.385. The van der Waals surface area contributed by atoms with Gasteiger partial charge in [0.25, 0.3) is 5.69 Å². The number of hydrogen-bond donors (Lipinski definition) is 0. The first-order chi connectivity index (χ1) is 12.3. The van der Waals surface area contributed by atoms with E-state index in [1.807, 2.05) is 0 Å².